The van der Waals surface area contributed by atoms with Crippen molar-refractivity contribution >= 4 is 69.8 Å². The quantitative estimate of drug-likeness (QED) is 0.625. The highest BCUT2D eigenvalue weighted by Crippen LogP contribution is 2.28. The molecule has 0 bridgehead atoms. The molecule has 0 radical (unpaired) electrons. The lowest BCUT2D eigenvalue weighted by molar-refractivity contribution is 0.132. The zero-order valence-corrected chi connectivity index (χ0v) is 15.6. The number of rotatable bonds is 5. The molecule has 1 saturated carbocycles. The number of hydrogen-bond acceptors (Lipinski definition) is 3. The molecule has 0 heterocycles. The lowest BCUT2D eigenvalue weighted by Gasteiger charge is -2.24. The van der Waals surface area contributed by atoms with Gasteiger partial charge in [-0.3, -0.25) is 0 Å². The first-order valence-corrected chi connectivity index (χ1v) is 9.04. The summed E-state index contributed by atoms with van der Waals surface area (Å²) in [6.07, 6.45) is 2.06. The Balaban J connectivity index is 1.92. The highest BCUT2D eigenvalue weighted by Gasteiger charge is 2.30. The normalized spacial score (nSPS) is 22.0. The minimum atomic E-state index is -1.10. The van der Waals surface area contributed by atoms with Crippen molar-refractivity contribution < 1.29 is 9.53 Å². The molecule has 1 amide bonds. The molecule has 0 saturated heterocycles. The van der Waals surface area contributed by atoms with Crippen LogP contribution < -0.4 is 10.6 Å². The third-order valence-electron chi connectivity index (χ3n) is 3.51. The van der Waals surface area contributed by atoms with Gasteiger partial charge in [-0.1, -0.05) is 58.0 Å². The number of carbonyl (C=O) groups excluding carboxylic acids is 1. The van der Waals surface area contributed by atoms with Gasteiger partial charge in [0, 0.05) is 11.7 Å². The molecule has 1 fully saturated rings. The number of benzene rings is 1. The molecule has 1 aromatic rings. The van der Waals surface area contributed by atoms with E-state index in [-0.39, 0.29) is 12.1 Å². The van der Waals surface area contributed by atoms with E-state index < -0.39 is 16.5 Å². The summed E-state index contributed by atoms with van der Waals surface area (Å²) in [4.78, 5) is 10.8. The molecule has 128 valence electrons. The number of ether oxygens (including phenoxy) is 1. The zero-order chi connectivity index (χ0) is 17.0. The molecule has 1 aliphatic carbocycles. The summed E-state index contributed by atoms with van der Waals surface area (Å²) in [5, 5.41) is 7.08. The lowest BCUT2D eigenvalue weighted by atomic mass is 10.1. The van der Waals surface area contributed by atoms with Gasteiger partial charge in [0.25, 0.3) is 0 Å². The van der Waals surface area contributed by atoms with Crippen molar-refractivity contribution in [3.8, 4) is 0 Å². The number of carbonyl (C=O) groups is 1. The summed E-state index contributed by atoms with van der Waals surface area (Å²) >= 11 is 28.7. The molecule has 0 spiro atoms. The van der Waals surface area contributed by atoms with E-state index in [1.165, 1.54) is 0 Å². The van der Waals surface area contributed by atoms with Gasteiger partial charge < -0.3 is 15.4 Å². The predicted octanol–water partition coefficient (Wildman–Crippen LogP) is 5.42. The summed E-state index contributed by atoms with van der Waals surface area (Å²) in [7, 11) is 0. The first kappa shape index (κ1) is 19.1. The van der Waals surface area contributed by atoms with E-state index in [1.807, 2.05) is 6.07 Å². The molecule has 23 heavy (non-hydrogen) atoms. The number of nitrogens with one attached hydrogen (secondary N) is 2. The van der Waals surface area contributed by atoms with Crippen molar-refractivity contribution in [1.82, 2.24) is 5.32 Å². The molecular formula is C14H15Cl5N2O2. The molecule has 4 nitrogen and oxygen atoms in total. The van der Waals surface area contributed by atoms with Crippen molar-refractivity contribution in [3.63, 3.8) is 0 Å². The SMILES string of the molecule is O=C(NC1CCCC1Nc1ccc(Cl)c(Cl)c1)OC(Cl)C(Cl)Cl. The smallest absolute Gasteiger partial charge is 0.409 e. The minimum absolute atomic E-state index is 0.0522. The van der Waals surface area contributed by atoms with Crippen LogP contribution in [0.2, 0.25) is 10.0 Å². The predicted molar refractivity (Wildman–Crippen MR) is 96.3 cm³/mol. The molecule has 0 aromatic heterocycles. The van der Waals surface area contributed by atoms with Crippen molar-refractivity contribution in [2.45, 2.75) is 41.7 Å². The van der Waals surface area contributed by atoms with Crippen molar-refractivity contribution in [2.75, 3.05) is 5.32 Å². The van der Waals surface area contributed by atoms with Gasteiger partial charge in [0.05, 0.1) is 16.1 Å². The van der Waals surface area contributed by atoms with Gasteiger partial charge in [0.1, 0.15) is 0 Å². The van der Waals surface area contributed by atoms with Gasteiger partial charge in [0.15, 0.2) is 4.84 Å². The fourth-order valence-corrected chi connectivity index (χ4v) is 2.93. The van der Waals surface area contributed by atoms with Crippen LogP contribution in [0.15, 0.2) is 18.2 Å². The second-order valence-corrected chi connectivity index (χ2v) is 7.56. The van der Waals surface area contributed by atoms with Gasteiger partial charge in [-0.25, -0.2) is 4.79 Å². The van der Waals surface area contributed by atoms with E-state index in [2.05, 4.69) is 10.6 Å². The molecule has 2 N–H and O–H groups in total. The molecule has 2 rings (SSSR count). The largest absolute Gasteiger partial charge is 0.427 e. The van der Waals surface area contributed by atoms with Crippen LogP contribution in [0.1, 0.15) is 19.3 Å². The van der Waals surface area contributed by atoms with E-state index in [9.17, 15) is 4.79 Å². The van der Waals surface area contributed by atoms with Crippen LogP contribution in [0.4, 0.5) is 10.5 Å². The fraction of sp³-hybridized carbons (Fsp3) is 0.500. The van der Waals surface area contributed by atoms with Crippen LogP contribution in [0.5, 0.6) is 0 Å². The van der Waals surface area contributed by atoms with Gasteiger partial charge in [0.2, 0.25) is 5.56 Å². The van der Waals surface area contributed by atoms with Gasteiger partial charge in [-0.05, 0) is 37.5 Å². The Morgan fingerprint density at radius 2 is 1.83 bits per heavy atom. The van der Waals surface area contributed by atoms with Crippen molar-refractivity contribution in [1.29, 1.82) is 0 Å². The third kappa shape index (κ3) is 5.64. The van der Waals surface area contributed by atoms with Gasteiger partial charge >= 0.3 is 6.09 Å². The standard InChI is InChI=1S/C14H15Cl5N2O2/c15-8-5-4-7(6-9(8)16)20-10-2-1-3-11(10)21-14(22)23-13(19)12(17)18/h4-6,10-13,20H,1-3H2,(H,21,22). The Hall–Kier alpha value is -0.260. The van der Waals surface area contributed by atoms with E-state index >= 15 is 0 Å². The number of anilines is 1. The van der Waals surface area contributed by atoms with Crippen LogP contribution in [0, 0.1) is 0 Å². The summed E-state index contributed by atoms with van der Waals surface area (Å²) in [5.41, 5.74) is -0.260. The molecule has 1 aromatic carbocycles. The number of alkyl halides is 3. The van der Waals surface area contributed by atoms with Crippen molar-refractivity contribution in [3.05, 3.63) is 28.2 Å². The first-order valence-electron chi connectivity index (χ1n) is 6.98. The number of hydrogen-bond donors (Lipinski definition) is 2. The Morgan fingerprint density at radius 3 is 2.48 bits per heavy atom. The molecular weight excluding hydrogens is 405 g/mol. The molecule has 1 aliphatic rings. The maximum absolute atomic E-state index is 11.8. The third-order valence-corrected chi connectivity index (χ3v) is 5.30. The first-order chi connectivity index (χ1) is 10.9. The monoisotopic (exact) mass is 418 g/mol. The summed E-state index contributed by atoms with van der Waals surface area (Å²) in [6, 6.07) is 5.26. The van der Waals surface area contributed by atoms with Gasteiger partial charge in [-0.2, -0.15) is 0 Å². The second kappa shape index (κ2) is 8.72. The van der Waals surface area contributed by atoms with Crippen LogP contribution in [-0.4, -0.2) is 28.6 Å². The molecule has 9 heteroatoms. The highest BCUT2D eigenvalue weighted by molar-refractivity contribution is 6.48. The zero-order valence-electron chi connectivity index (χ0n) is 11.9. The Bertz CT molecular complexity index is 558. The molecule has 0 aliphatic heterocycles. The number of alkyl carbamates (subject to hydrolysis) is 1. The van der Waals surface area contributed by atoms with E-state index in [1.54, 1.807) is 12.1 Å². The maximum Gasteiger partial charge on any atom is 0.409 e. The summed E-state index contributed by atoms with van der Waals surface area (Å²) < 4.78 is 4.89. The number of amides is 1. The Labute approximate surface area is 159 Å². The van der Waals surface area contributed by atoms with E-state index in [4.69, 9.17) is 62.7 Å². The Kier molecular flexibility index (Phi) is 7.23. The second-order valence-electron chi connectivity index (χ2n) is 5.15. The van der Waals surface area contributed by atoms with E-state index in [0.717, 1.165) is 24.9 Å². The summed E-state index contributed by atoms with van der Waals surface area (Å²) in [6.45, 7) is 0. The number of halogens is 5. The van der Waals surface area contributed by atoms with Crippen LogP contribution >= 0.6 is 58.0 Å². The Morgan fingerprint density at radius 1 is 1.13 bits per heavy atom. The van der Waals surface area contributed by atoms with Crippen molar-refractivity contribution in [2.24, 2.45) is 0 Å². The van der Waals surface area contributed by atoms with Crippen LogP contribution in [-0.2, 0) is 4.74 Å². The average Bonchev–Trinajstić information content (AvgIpc) is 2.89. The maximum atomic E-state index is 11.8. The molecule has 3 atom stereocenters. The topological polar surface area (TPSA) is 50.4 Å². The lowest BCUT2D eigenvalue weighted by Crippen LogP contribution is -2.44. The van der Waals surface area contributed by atoms with Gasteiger partial charge in [-0.15, -0.1) is 0 Å². The summed E-state index contributed by atoms with van der Waals surface area (Å²) in [5.74, 6) is 0. The fourth-order valence-electron chi connectivity index (χ4n) is 2.44. The van der Waals surface area contributed by atoms with Crippen LogP contribution in [0.3, 0.4) is 0 Å². The minimum Gasteiger partial charge on any atom is -0.427 e. The molecule has 3 unspecified atom stereocenters. The average molecular weight is 421 g/mol. The highest BCUT2D eigenvalue weighted by atomic mass is 35.5. The van der Waals surface area contributed by atoms with E-state index in [0.29, 0.717) is 10.0 Å². The van der Waals surface area contributed by atoms with Crippen LogP contribution in [0.25, 0.3) is 0 Å².